The van der Waals surface area contributed by atoms with E-state index in [4.69, 9.17) is 17.0 Å². The van der Waals surface area contributed by atoms with Crippen molar-refractivity contribution in [3.8, 4) is 5.75 Å². The molecular formula is C26H22N2O3S2. The largest absolute Gasteiger partial charge is 0.489 e. The van der Waals surface area contributed by atoms with Crippen LogP contribution in [0.15, 0.2) is 77.7 Å². The molecule has 1 aliphatic heterocycles. The fourth-order valence-electron chi connectivity index (χ4n) is 3.10. The summed E-state index contributed by atoms with van der Waals surface area (Å²) in [7, 11) is 0. The van der Waals surface area contributed by atoms with Gasteiger partial charge in [0.25, 0.3) is 11.8 Å². The summed E-state index contributed by atoms with van der Waals surface area (Å²) in [5, 5.41) is 1.12. The molecule has 0 aromatic heterocycles. The zero-order chi connectivity index (χ0) is 23.4. The summed E-state index contributed by atoms with van der Waals surface area (Å²) in [4.78, 5) is 25.7. The van der Waals surface area contributed by atoms with E-state index in [-0.39, 0.29) is 16.1 Å². The van der Waals surface area contributed by atoms with Crippen LogP contribution < -0.4 is 10.2 Å². The number of nitrogens with zero attached hydrogens (tertiary/aromatic N) is 1. The van der Waals surface area contributed by atoms with Crippen molar-refractivity contribution in [1.29, 1.82) is 0 Å². The highest BCUT2D eigenvalue weighted by Gasteiger charge is 2.33. The van der Waals surface area contributed by atoms with Crippen molar-refractivity contribution < 1.29 is 14.3 Å². The fraction of sp³-hybridized carbons (Fsp3) is 0.115. The number of carbonyl (C=O) groups excluding carboxylic acids is 2. The molecule has 33 heavy (non-hydrogen) atoms. The Balaban J connectivity index is 1.38. The van der Waals surface area contributed by atoms with Gasteiger partial charge in [-0.15, -0.1) is 0 Å². The molecule has 3 aromatic carbocycles. The lowest BCUT2D eigenvalue weighted by molar-refractivity contribution is -0.123. The van der Waals surface area contributed by atoms with Crippen LogP contribution in [0.1, 0.15) is 32.6 Å². The summed E-state index contributed by atoms with van der Waals surface area (Å²) in [6, 6.07) is 22.8. The molecule has 3 aromatic rings. The normalized spacial score (nSPS) is 14.6. The maximum absolute atomic E-state index is 12.8. The summed E-state index contributed by atoms with van der Waals surface area (Å²) < 4.78 is 6.12. The molecule has 0 atom stereocenters. The van der Waals surface area contributed by atoms with Crippen molar-refractivity contribution in [1.82, 2.24) is 10.4 Å². The minimum absolute atomic E-state index is 0.282. The van der Waals surface area contributed by atoms with Crippen molar-refractivity contribution in [2.24, 2.45) is 0 Å². The van der Waals surface area contributed by atoms with Gasteiger partial charge in [0.1, 0.15) is 12.4 Å². The number of ether oxygens (including phenoxy) is 1. The molecule has 4 rings (SSSR count). The first-order valence-corrected chi connectivity index (χ1v) is 11.6. The predicted molar refractivity (Wildman–Crippen MR) is 136 cm³/mol. The lowest BCUT2D eigenvalue weighted by Crippen LogP contribution is -2.44. The summed E-state index contributed by atoms with van der Waals surface area (Å²) in [6.45, 7) is 4.48. The van der Waals surface area contributed by atoms with E-state index >= 15 is 0 Å². The Labute approximate surface area is 202 Å². The Morgan fingerprint density at radius 3 is 2.21 bits per heavy atom. The van der Waals surface area contributed by atoms with E-state index in [1.165, 1.54) is 5.56 Å². The van der Waals surface area contributed by atoms with Crippen LogP contribution in [-0.2, 0) is 11.4 Å². The predicted octanol–water partition coefficient (Wildman–Crippen LogP) is 5.43. The topological polar surface area (TPSA) is 58.6 Å². The molecule has 7 heteroatoms. The molecular weight excluding hydrogens is 452 g/mol. The number of hydrogen-bond donors (Lipinski definition) is 1. The lowest BCUT2D eigenvalue weighted by atomic mass is 10.1. The first kappa shape index (κ1) is 22.8. The minimum atomic E-state index is -0.386. The lowest BCUT2D eigenvalue weighted by Gasteiger charge is -2.15. The number of thioether (sulfide) groups is 1. The van der Waals surface area contributed by atoms with Crippen molar-refractivity contribution in [2.75, 3.05) is 0 Å². The van der Waals surface area contributed by atoms with E-state index in [1.54, 1.807) is 18.2 Å². The molecule has 166 valence electrons. The second-order valence-electron chi connectivity index (χ2n) is 7.67. The van der Waals surface area contributed by atoms with Gasteiger partial charge >= 0.3 is 0 Å². The number of carbonyl (C=O) groups is 2. The molecule has 2 amide bonds. The van der Waals surface area contributed by atoms with E-state index in [0.29, 0.717) is 17.1 Å². The van der Waals surface area contributed by atoms with E-state index in [2.05, 4.69) is 24.5 Å². The van der Waals surface area contributed by atoms with Gasteiger partial charge in [-0.2, -0.15) is 5.01 Å². The third-order valence-corrected chi connectivity index (χ3v) is 6.33. The van der Waals surface area contributed by atoms with Gasteiger partial charge in [-0.25, -0.2) is 0 Å². The smallest absolute Gasteiger partial charge is 0.285 e. The number of benzene rings is 3. The van der Waals surface area contributed by atoms with Crippen molar-refractivity contribution in [3.63, 3.8) is 0 Å². The van der Waals surface area contributed by atoms with Crippen LogP contribution >= 0.6 is 24.0 Å². The van der Waals surface area contributed by atoms with Gasteiger partial charge in [0.15, 0.2) is 4.32 Å². The number of hydrogen-bond acceptors (Lipinski definition) is 5. The van der Waals surface area contributed by atoms with Crippen molar-refractivity contribution in [2.45, 2.75) is 20.5 Å². The van der Waals surface area contributed by atoms with E-state index in [1.807, 2.05) is 55.5 Å². The molecule has 1 saturated heterocycles. The van der Waals surface area contributed by atoms with Gasteiger partial charge in [-0.1, -0.05) is 71.4 Å². The highest BCUT2D eigenvalue weighted by Crippen LogP contribution is 2.31. The SMILES string of the molecule is Cc1ccc(COc2ccc(/C=C3\SC(=S)N(NC(=O)c4ccc(C)cc4)C3=O)cc2)cc1. The Bertz CT molecular complexity index is 1220. The standard InChI is InChI=1S/C26H22N2O3S2/c1-17-3-7-20(8-4-17)16-31-22-13-9-19(10-14-22)15-23-25(30)28(26(32)33-23)27-24(29)21-11-5-18(2)6-12-21/h3-15H,16H2,1-2H3,(H,27,29)/b23-15-. The Morgan fingerprint density at radius 1 is 0.970 bits per heavy atom. The highest BCUT2D eigenvalue weighted by atomic mass is 32.2. The molecule has 0 aliphatic carbocycles. The third-order valence-electron chi connectivity index (χ3n) is 5.02. The van der Waals surface area contributed by atoms with Gasteiger partial charge in [-0.05, 0) is 67.5 Å². The minimum Gasteiger partial charge on any atom is -0.489 e. The zero-order valence-electron chi connectivity index (χ0n) is 18.2. The Hall–Kier alpha value is -3.42. The second kappa shape index (κ2) is 10.0. The first-order valence-electron chi connectivity index (χ1n) is 10.3. The monoisotopic (exact) mass is 474 g/mol. The van der Waals surface area contributed by atoms with Gasteiger partial charge in [0.2, 0.25) is 0 Å². The Morgan fingerprint density at radius 2 is 1.58 bits per heavy atom. The average molecular weight is 475 g/mol. The van der Waals surface area contributed by atoms with Crippen molar-refractivity contribution in [3.05, 3.63) is 106 Å². The number of thiocarbonyl (C=S) groups is 1. The van der Waals surface area contributed by atoms with Crippen molar-refractivity contribution >= 4 is 46.2 Å². The van der Waals surface area contributed by atoms with E-state index in [9.17, 15) is 9.59 Å². The van der Waals surface area contributed by atoms with Crippen LogP contribution in [-0.4, -0.2) is 21.1 Å². The molecule has 0 saturated carbocycles. The highest BCUT2D eigenvalue weighted by molar-refractivity contribution is 8.26. The maximum atomic E-state index is 12.8. The zero-order valence-corrected chi connectivity index (χ0v) is 19.8. The van der Waals surface area contributed by atoms with Crippen LogP contribution in [0.25, 0.3) is 6.08 Å². The number of hydrazine groups is 1. The third kappa shape index (κ3) is 5.69. The molecule has 0 spiro atoms. The number of aryl methyl sites for hydroxylation is 2. The average Bonchev–Trinajstić information content (AvgIpc) is 3.07. The number of rotatable bonds is 6. The molecule has 0 unspecified atom stereocenters. The molecule has 1 heterocycles. The summed E-state index contributed by atoms with van der Waals surface area (Å²) in [6.07, 6.45) is 1.75. The molecule has 1 fully saturated rings. The van der Waals surface area contributed by atoms with E-state index in [0.717, 1.165) is 39.2 Å². The summed E-state index contributed by atoms with van der Waals surface area (Å²) in [5.74, 6) is -0.00146. The van der Waals surface area contributed by atoms with Crippen LogP contribution in [0, 0.1) is 13.8 Å². The van der Waals surface area contributed by atoms with E-state index < -0.39 is 0 Å². The van der Waals surface area contributed by atoms with Gasteiger partial charge < -0.3 is 4.74 Å². The molecule has 5 nitrogen and oxygen atoms in total. The number of nitrogens with one attached hydrogen (secondary N) is 1. The Kier molecular flexibility index (Phi) is 6.91. The number of amides is 2. The van der Waals surface area contributed by atoms with Gasteiger partial charge in [-0.3, -0.25) is 15.0 Å². The van der Waals surface area contributed by atoms with Crippen LogP contribution in [0.3, 0.4) is 0 Å². The molecule has 0 radical (unpaired) electrons. The van der Waals surface area contributed by atoms with Crippen LogP contribution in [0.4, 0.5) is 0 Å². The molecule has 0 bridgehead atoms. The van der Waals surface area contributed by atoms with Crippen LogP contribution in [0.5, 0.6) is 5.75 Å². The summed E-state index contributed by atoms with van der Waals surface area (Å²) in [5.41, 5.74) is 7.25. The maximum Gasteiger partial charge on any atom is 0.285 e. The quantitative estimate of drug-likeness (QED) is 0.381. The molecule has 1 N–H and O–H groups in total. The first-order chi connectivity index (χ1) is 15.9. The van der Waals surface area contributed by atoms with Crippen LogP contribution in [0.2, 0.25) is 0 Å². The molecule has 1 aliphatic rings. The summed E-state index contributed by atoms with van der Waals surface area (Å²) >= 11 is 6.45. The van der Waals surface area contributed by atoms with Gasteiger partial charge in [0.05, 0.1) is 4.91 Å². The fourth-order valence-corrected chi connectivity index (χ4v) is 4.28. The second-order valence-corrected chi connectivity index (χ2v) is 9.34. The van der Waals surface area contributed by atoms with Gasteiger partial charge in [0, 0.05) is 5.56 Å².